The maximum absolute atomic E-state index is 12.2. The molecular weight excluding hydrogens is 360 g/mol. The predicted octanol–water partition coefficient (Wildman–Crippen LogP) is 1.41. The van der Waals surface area contributed by atoms with Crippen molar-refractivity contribution < 1.29 is 17.9 Å². The molecular formula is C17H26N2O4S2. The molecule has 0 radical (unpaired) electrons. The van der Waals surface area contributed by atoms with Crippen molar-refractivity contribution >= 4 is 27.5 Å². The summed E-state index contributed by atoms with van der Waals surface area (Å²) in [5.41, 5.74) is 0. The molecule has 0 saturated carbocycles. The van der Waals surface area contributed by atoms with Crippen LogP contribution in [0.1, 0.15) is 12.8 Å². The fourth-order valence-electron chi connectivity index (χ4n) is 2.52. The van der Waals surface area contributed by atoms with E-state index in [0.29, 0.717) is 25.3 Å². The van der Waals surface area contributed by atoms with Crippen LogP contribution in [0.3, 0.4) is 0 Å². The first-order chi connectivity index (χ1) is 11.9. The largest absolute Gasteiger partial charge is 0.494 e. The average molecular weight is 387 g/mol. The standard InChI is InChI=1S/C17H26N2O4S2/c1-19(17(20)12-14-13-24-11-8-18-14)9-3-10-23-15-4-6-16(7-5-15)25(2,21)22/h4-7,14,18H,3,8-13H2,1-2H3. The molecule has 1 unspecified atom stereocenters. The first-order valence-corrected chi connectivity index (χ1v) is 11.4. The number of hydrogen-bond donors (Lipinski definition) is 1. The third-order valence-corrected chi connectivity index (χ3v) is 6.26. The Morgan fingerprint density at radius 2 is 2.08 bits per heavy atom. The number of hydrogen-bond acceptors (Lipinski definition) is 6. The number of rotatable bonds is 8. The van der Waals surface area contributed by atoms with E-state index in [2.05, 4.69) is 5.32 Å². The molecule has 0 spiro atoms. The minimum Gasteiger partial charge on any atom is -0.494 e. The number of amides is 1. The van der Waals surface area contributed by atoms with Crippen LogP contribution < -0.4 is 10.1 Å². The molecule has 0 aliphatic carbocycles. The quantitative estimate of drug-likeness (QED) is 0.681. The second-order valence-electron chi connectivity index (χ2n) is 6.19. The molecule has 1 amide bonds. The van der Waals surface area contributed by atoms with Crippen molar-refractivity contribution in [2.75, 3.05) is 44.5 Å². The van der Waals surface area contributed by atoms with Crippen molar-refractivity contribution in [3.05, 3.63) is 24.3 Å². The highest BCUT2D eigenvalue weighted by molar-refractivity contribution is 7.99. The third-order valence-electron chi connectivity index (χ3n) is 4.00. The number of sulfone groups is 1. The fourth-order valence-corrected chi connectivity index (χ4v) is 4.10. The van der Waals surface area contributed by atoms with E-state index < -0.39 is 9.84 Å². The van der Waals surface area contributed by atoms with Gasteiger partial charge >= 0.3 is 0 Å². The van der Waals surface area contributed by atoms with Crippen LogP contribution in [0.15, 0.2) is 29.2 Å². The molecule has 1 aliphatic heterocycles. The molecule has 0 aromatic heterocycles. The number of ether oxygens (including phenoxy) is 1. The highest BCUT2D eigenvalue weighted by Crippen LogP contribution is 2.16. The van der Waals surface area contributed by atoms with Gasteiger partial charge in [-0.1, -0.05) is 0 Å². The molecule has 25 heavy (non-hydrogen) atoms. The van der Waals surface area contributed by atoms with Gasteiger partial charge in [0.2, 0.25) is 5.91 Å². The van der Waals surface area contributed by atoms with Crippen LogP contribution in [-0.2, 0) is 14.6 Å². The SMILES string of the molecule is CN(CCCOc1ccc(S(C)(=O)=O)cc1)C(=O)CC1CSCCN1. The summed E-state index contributed by atoms with van der Waals surface area (Å²) in [5.74, 6) is 2.89. The van der Waals surface area contributed by atoms with Crippen molar-refractivity contribution in [3.63, 3.8) is 0 Å². The third kappa shape index (κ3) is 6.87. The second kappa shape index (κ2) is 9.45. The van der Waals surface area contributed by atoms with Gasteiger partial charge in [-0.3, -0.25) is 4.79 Å². The zero-order valence-corrected chi connectivity index (χ0v) is 16.4. The van der Waals surface area contributed by atoms with E-state index in [-0.39, 0.29) is 16.8 Å². The van der Waals surface area contributed by atoms with Crippen LogP contribution in [0, 0.1) is 0 Å². The fraction of sp³-hybridized carbons (Fsp3) is 0.588. The highest BCUT2D eigenvalue weighted by Gasteiger charge is 2.18. The summed E-state index contributed by atoms with van der Waals surface area (Å²) in [4.78, 5) is 14.2. The number of nitrogens with zero attached hydrogens (tertiary/aromatic N) is 1. The van der Waals surface area contributed by atoms with Crippen LogP contribution in [0.4, 0.5) is 0 Å². The summed E-state index contributed by atoms with van der Waals surface area (Å²) >= 11 is 1.89. The van der Waals surface area contributed by atoms with Crippen molar-refractivity contribution in [2.45, 2.75) is 23.8 Å². The smallest absolute Gasteiger partial charge is 0.223 e. The molecule has 1 saturated heterocycles. The Morgan fingerprint density at radius 1 is 1.36 bits per heavy atom. The van der Waals surface area contributed by atoms with Gasteiger partial charge in [-0.25, -0.2) is 8.42 Å². The molecule has 1 N–H and O–H groups in total. The second-order valence-corrected chi connectivity index (χ2v) is 9.36. The minimum absolute atomic E-state index is 0.150. The van der Waals surface area contributed by atoms with E-state index in [4.69, 9.17) is 4.74 Å². The first-order valence-electron chi connectivity index (χ1n) is 8.34. The van der Waals surface area contributed by atoms with Crippen molar-refractivity contribution in [1.82, 2.24) is 10.2 Å². The van der Waals surface area contributed by atoms with Crippen molar-refractivity contribution in [1.29, 1.82) is 0 Å². The van der Waals surface area contributed by atoms with E-state index in [1.165, 1.54) is 18.4 Å². The van der Waals surface area contributed by atoms with Gasteiger partial charge in [-0.05, 0) is 30.7 Å². The number of benzene rings is 1. The summed E-state index contributed by atoms with van der Waals surface area (Å²) in [6.45, 7) is 2.09. The summed E-state index contributed by atoms with van der Waals surface area (Å²) in [6.07, 6.45) is 2.44. The van der Waals surface area contributed by atoms with Crippen LogP contribution >= 0.6 is 11.8 Å². The Balaban J connectivity index is 1.67. The lowest BCUT2D eigenvalue weighted by Gasteiger charge is -2.25. The monoisotopic (exact) mass is 386 g/mol. The van der Waals surface area contributed by atoms with Gasteiger partial charge in [0.15, 0.2) is 9.84 Å². The van der Waals surface area contributed by atoms with Crippen LogP contribution in [0.25, 0.3) is 0 Å². The van der Waals surface area contributed by atoms with E-state index in [1.807, 2.05) is 18.8 Å². The van der Waals surface area contributed by atoms with Gasteiger partial charge in [0.25, 0.3) is 0 Å². The summed E-state index contributed by atoms with van der Waals surface area (Å²) in [7, 11) is -1.37. The molecule has 6 nitrogen and oxygen atoms in total. The average Bonchev–Trinajstić information content (AvgIpc) is 2.59. The zero-order chi connectivity index (χ0) is 18.3. The molecule has 1 aliphatic rings. The summed E-state index contributed by atoms with van der Waals surface area (Å²) in [5, 5.41) is 3.37. The number of nitrogens with one attached hydrogen (secondary N) is 1. The lowest BCUT2D eigenvalue weighted by atomic mass is 10.2. The molecule has 1 heterocycles. The van der Waals surface area contributed by atoms with E-state index in [1.54, 1.807) is 17.0 Å². The Hall–Kier alpha value is -1.25. The Bertz CT molecular complexity index is 656. The topological polar surface area (TPSA) is 75.7 Å². The van der Waals surface area contributed by atoms with E-state index in [0.717, 1.165) is 24.5 Å². The molecule has 8 heteroatoms. The highest BCUT2D eigenvalue weighted by atomic mass is 32.2. The summed E-state index contributed by atoms with van der Waals surface area (Å²) < 4.78 is 28.4. The molecule has 1 fully saturated rings. The molecule has 1 atom stereocenters. The number of carbonyl (C=O) groups excluding carboxylic acids is 1. The Kier molecular flexibility index (Phi) is 7.58. The molecule has 2 rings (SSSR count). The first kappa shape index (κ1) is 20.1. The van der Waals surface area contributed by atoms with Gasteiger partial charge in [0.1, 0.15) is 5.75 Å². The maximum Gasteiger partial charge on any atom is 0.223 e. The number of carbonyl (C=O) groups is 1. The Labute approximate surface area is 154 Å². The lowest BCUT2D eigenvalue weighted by molar-refractivity contribution is -0.130. The molecule has 1 aromatic rings. The molecule has 1 aromatic carbocycles. The van der Waals surface area contributed by atoms with Gasteiger partial charge in [-0.15, -0.1) is 0 Å². The van der Waals surface area contributed by atoms with E-state index in [9.17, 15) is 13.2 Å². The molecule has 0 bridgehead atoms. The normalized spacial score (nSPS) is 17.9. The van der Waals surface area contributed by atoms with Gasteiger partial charge in [0, 0.05) is 50.4 Å². The predicted molar refractivity (Wildman–Crippen MR) is 101 cm³/mol. The van der Waals surface area contributed by atoms with Crippen LogP contribution in [-0.4, -0.2) is 69.8 Å². The number of thioether (sulfide) groups is 1. The summed E-state index contributed by atoms with van der Waals surface area (Å²) in [6, 6.07) is 6.65. The molecule has 140 valence electrons. The van der Waals surface area contributed by atoms with Crippen molar-refractivity contribution in [3.8, 4) is 5.75 Å². The van der Waals surface area contributed by atoms with E-state index >= 15 is 0 Å². The Morgan fingerprint density at radius 3 is 2.68 bits per heavy atom. The van der Waals surface area contributed by atoms with Gasteiger partial charge in [0.05, 0.1) is 11.5 Å². The minimum atomic E-state index is -3.18. The maximum atomic E-state index is 12.2. The lowest BCUT2D eigenvalue weighted by Crippen LogP contribution is -2.42. The van der Waals surface area contributed by atoms with Gasteiger partial charge in [-0.2, -0.15) is 11.8 Å². The van der Waals surface area contributed by atoms with Crippen LogP contribution in [0.2, 0.25) is 0 Å². The van der Waals surface area contributed by atoms with Gasteiger partial charge < -0.3 is 15.0 Å². The zero-order valence-electron chi connectivity index (χ0n) is 14.7. The van der Waals surface area contributed by atoms with Crippen molar-refractivity contribution in [2.24, 2.45) is 0 Å². The van der Waals surface area contributed by atoms with Crippen LogP contribution in [0.5, 0.6) is 5.75 Å².